The Bertz CT molecular complexity index is 710. The number of thioether (sulfide) groups is 1. The zero-order chi connectivity index (χ0) is 15.8. The molecule has 1 saturated heterocycles. The Morgan fingerprint density at radius 2 is 2.00 bits per heavy atom. The molecule has 0 N–H and O–H groups in total. The molecule has 120 valence electrons. The molecule has 23 heavy (non-hydrogen) atoms. The van der Waals surface area contributed by atoms with E-state index in [2.05, 4.69) is 22.4 Å². The van der Waals surface area contributed by atoms with Crippen LogP contribution in [0.1, 0.15) is 36.7 Å². The zero-order valence-corrected chi connectivity index (χ0v) is 13.9. The van der Waals surface area contributed by atoms with Gasteiger partial charge in [-0.2, -0.15) is 0 Å². The summed E-state index contributed by atoms with van der Waals surface area (Å²) in [6.45, 7) is 2.84. The van der Waals surface area contributed by atoms with Gasteiger partial charge in [-0.3, -0.25) is 4.79 Å². The van der Waals surface area contributed by atoms with Crippen molar-refractivity contribution in [2.24, 2.45) is 0 Å². The van der Waals surface area contributed by atoms with Crippen molar-refractivity contribution in [2.75, 3.05) is 11.4 Å². The molecule has 6 nitrogen and oxygen atoms in total. The van der Waals surface area contributed by atoms with Crippen molar-refractivity contribution < 1.29 is 4.79 Å². The van der Waals surface area contributed by atoms with Gasteiger partial charge in [-0.15, -0.1) is 16.9 Å². The van der Waals surface area contributed by atoms with E-state index in [0.717, 1.165) is 37.3 Å². The van der Waals surface area contributed by atoms with E-state index in [-0.39, 0.29) is 11.2 Å². The molecule has 0 unspecified atom stereocenters. The molecule has 1 aliphatic carbocycles. The van der Waals surface area contributed by atoms with Crippen molar-refractivity contribution >= 4 is 23.4 Å². The molecule has 0 bridgehead atoms. The number of amides is 1. The van der Waals surface area contributed by atoms with Crippen molar-refractivity contribution in [1.29, 1.82) is 0 Å². The van der Waals surface area contributed by atoms with Crippen LogP contribution >= 0.6 is 11.8 Å². The second-order valence-electron chi connectivity index (χ2n) is 6.18. The second-order valence-corrected chi connectivity index (χ2v) is 7.38. The van der Waals surface area contributed by atoms with Crippen molar-refractivity contribution in [2.45, 2.75) is 43.2 Å². The lowest BCUT2D eigenvalue weighted by Crippen LogP contribution is -2.28. The Balaban J connectivity index is 1.39. The van der Waals surface area contributed by atoms with Crippen LogP contribution in [0.5, 0.6) is 0 Å². The number of aryl methyl sites for hydroxylation is 1. The number of tetrazole rings is 1. The molecule has 0 spiro atoms. The van der Waals surface area contributed by atoms with Crippen LogP contribution in [0.2, 0.25) is 0 Å². The van der Waals surface area contributed by atoms with Gasteiger partial charge in [0.05, 0.1) is 17.0 Å². The Kier molecular flexibility index (Phi) is 3.80. The van der Waals surface area contributed by atoms with Crippen molar-refractivity contribution in [3.05, 3.63) is 35.7 Å². The molecule has 2 aliphatic rings. The van der Waals surface area contributed by atoms with E-state index in [1.54, 1.807) is 11.8 Å². The summed E-state index contributed by atoms with van der Waals surface area (Å²) in [5, 5.41) is 11.9. The third kappa shape index (κ3) is 2.97. The van der Waals surface area contributed by atoms with E-state index in [1.807, 2.05) is 33.8 Å². The summed E-state index contributed by atoms with van der Waals surface area (Å²) in [5.74, 6) is 1.78. The van der Waals surface area contributed by atoms with Crippen molar-refractivity contribution in [3.8, 4) is 0 Å². The summed E-state index contributed by atoms with van der Waals surface area (Å²) in [5.41, 5.74) is 2.20. The summed E-state index contributed by atoms with van der Waals surface area (Å²) in [4.78, 5) is 14.5. The predicted molar refractivity (Wildman–Crippen MR) is 89.3 cm³/mol. The van der Waals surface area contributed by atoms with E-state index in [9.17, 15) is 4.79 Å². The van der Waals surface area contributed by atoms with Crippen molar-refractivity contribution in [3.63, 3.8) is 0 Å². The third-order valence-electron chi connectivity index (χ3n) is 4.37. The minimum absolute atomic E-state index is 0.000608. The monoisotopic (exact) mass is 329 g/mol. The van der Waals surface area contributed by atoms with Crippen LogP contribution in [0.15, 0.2) is 24.3 Å². The molecule has 2 fully saturated rings. The molecule has 2 aromatic rings. The number of rotatable bonds is 5. The summed E-state index contributed by atoms with van der Waals surface area (Å²) >= 11 is 1.66. The normalized spacial score (nSPS) is 21.2. The molecular formula is C16H19N5OS. The molecule has 1 amide bonds. The predicted octanol–water partition coefficient (Wildman–Crippen LogP) is 2.36. The molecule has 1 aromatic carbocycles. The van der Waals surface area contributed by atoms with Crippen LogP contribution < -0.4 is 4.90 Å². The van der Waals surface area contributed by atoms with Gasteiger partial charge in [0, 0.05) is 12.2 Å². The van der Waals surface area contributed by atoms with Crippen LogP contribution in [-0.4, -0.2) is 37.9 Å². The largest absolute Gasteiger partial charge is 0.311 e. The SMILES string of the molecule is Cc1ccc(N2CC[C@H](SCc3nnnn3C3CC3)C2=O)cc1. The number of hydrogen-bond acceptors (Lipinski definition) is 5. The van der Waals surface area contributed by atoms with E-state index < -0.39 is 0 Å². The van der Waals surface area contributed by atoms with Crippen LogP contribution in [0.25, 0.3) is 0 Å². The lowest BCUT2D eigenvalue weighted by atomic mass is 10.2. The van der Waals surface area contributed by atoms with Crippen LogP contribution in [-0.2, 0) is 10.5 Å². The molecule has 7 heteroatoms. The number of aromatic nitrogens is 4. The van der Waals surface area contributed by atoms with E-state index in [0.29, 0.717) is 11.8 Å². The summed E-state index contributed by atoms with van der Waals surface area (Å²) < 4.78 is 1.92. The molecule has 1 saturated carbocycles. The van der Waals surface area contributed by atoms with Gasteiger partial charge in [-0.1, -0.05) is 17.7 Å². The lowest BCUT2D eigenvalue weighted by Gasteiger charge is -2.16. The standard InChI is InChI=1S/C16H19N5OS/c1-11-2-4-12(5-3-11)20-9-8-14(16(20)22)23-10-15-17-18-19-21(15)13-6-7-13/h2-5,13-14H,6-10H2,1H3/t14-/m0/s1. The third-order valence-corrected chi connectivity index (χ3v) is 5.63. The van der Waals surface area contributed by atoms with Gasteiger partial charge in [0.2, 0.25) is 5.91 Å². The second kappa shape index (κ2) is 5.96. The van der Waals surface area contributed by atoms with Gasteiger partial charge >= 0.3 is 0 Å². The van der Waals surface area contributed by atoms with Gasteiger partial charge in [0.1, 0.15) is 0 Å². The van der Waals surface area contributed by atoms with Gasteiger partial charge in [0.15, 0.2) is 5.82 Å². The van der Waals surface area contributed by atoms with Crippen LogP contribution in [0.4, 0.5) is 5.69 Å². The Morgan fingerprint density at radius 1 is 1.22 bits per heavy atom. The fraction of sp³-hybridized carbons (Fsp3) is 0.500. The van der Waals surface area contributed by atoms with Crippen LogP contribution in [0, 0.1) is 6.92 Å². The molecule has 4 rings (SSSR count). The highest BCUT2D eigenvalue weighted by atomic mass is 32.2. The van der Waals surface area contributed by atoms with Gasteiger partial charge < -0.3 is 4.90 Å². The smallest absolute Gasteiger partial charge is 0.240 e. The molecule has 1 aliphatic heterocycles. The first-order chi connectivity index (χ1) is 11.2. The average Bonchev–Trinajstić information content (AvgIpc) is 3.18. The number of carbonyl (C=O) groups is 1. The Hall–Kier alpha value is -1.89. The van der Waals surface area contributed by atoms with E-state index in [1.165, 1.54) is 5.56 Å². The van der Waals surface area contributed by atoms with E-state index >= 15 is 0 Å². The number of carbonyl (C=O) groups excluding carboxylic acids is 1. The quantitative estimate of drug-likeness (QED) is 0.842. The van der Waals surface area contributed by atoms with Crippen LogP contribution in [0.3, 0.4) is 0 Å². The lowest BCUT2D eigenvalue weighted by molar-refractivity contribution is -0.116. The average molecular weight is 329 g/mol. The highest BCUT2D eigenvalue weighted by Crippen LogP contribution is 2.36. The Labute approximate surface area is 139 Å². The molecular weight excluding hydrogens is 310 g/mol. The zero-order valence-electron chi connectivity index (χ0n) is 13.1. The minimum atomic E-state index is 0.000608. The van der Waals surface area contributed by atoms with E-state index in [4.69, 9.17) is 0 Å². The maximum atomic E-state index is 12.6. The summed E-state index contributed by atoms with van der Waals surface area (Å²) in [6.07, 6.45) is 3.20. The van der Waals surface area contributed by atoms with Gasteiger partial charge in [-0.05, 0) is 48.7 Å². The number of anilines is 1. The summed E-state index contributed by atoms with van der Waals surface area (Å²) in [6, 6.07) is 8.62. The number of nitrogens with zero attached hydrogens (tertiary/aromatic N) is 5. The molecule has 2 heterocycles. The molecule has 0 radical (unpaired) electrons. The first kappa shape index (κ1) is 14.7. The highest BCUT2D eigenvalue weighted by molar-refractivity contribution is 7.99. The van der Waals surface area contributed by atoms with Gasteiger partial charge in [0.25, 0.3) is 0 Å². The Morgan fingerprint density at radius 3 is 2.74 bits per heavy atom. The topological polar surface area (TPSA) is 63.9 Å². The number of hydrogen-bond donors (Lipinski definition) is 0. The highest BCUT2D eigenvalue weighted by Gasteiger charge is 2.34. The van der Waals surface area contributed by atoms with Crippen molar-refractivity contribution in [1.82, 2.24) is 20.2 Å². The minimum Gasteiger partial charge on any atom is -0.311 e. The number of benzene rings is 1. The fourth-order valence-electron chi connectivity index (χ4n) is 2.87. The summed E-state index contributed by atoms with van der Waals surface area (Å²) in [7, 11) is 0. The maximum absolute atomic E-state index is 12.6. The fourth-order valence-corrected chi connectivity index (χ4v) is 3.96. The first-order valence-electron chi connectivity index (χ1n) is 7.99. The van der Waals surface area contributed by atoms with Gasteiger partial charge in [-0.25, -0.2) is 4.68 Å². The maximum Gasteiger partial charge on any atom is 0.240 e. The molecule has 1 atom stereocenters. The molecule has 1 aromatic heterocycles. The first-order valence-corrected chi connectivity index (χ1v) is 9.03.